The Hall–Kier alpha value is -2.23. The van der Waals surface area contributed by atoms with Gasteiger partial charge in [-0.05, 0) is 30.7 Å². The van der Waals surface area contributed by atoms with E-state index in [0.717, 1.165) is 24.2 Å². The standard InChI is InChI=1S/C14H15N3O/c1(7-17-8-6-15-11-17)9-18-13-2-3-14-12(10-13)4-5-16-14/h2-6,8,10-11,16H,1,7,9H2. The Morgan fingerprint density at radius 3 is 3.17 bits per heavy atom. The van der Waals surface area contributed by atoms with Crippen LogP contribution in [0.5, 0.6) is 5.75 Å². The number of nitrogens with one attached hydrogen (secondary N) is 1. The molecule has 0 saturated carbocycles. The number of aromatic nitrogens is 3. The second-order valence-corrected chi connectivity index (χ2v) is 4.23. The van der Waals surface area contributed by atoms with Crippen LogP contribution in [0.15, 0.2) is 49.2 Å². The number of aryl methyl sites for hydroxylation is 1. The highest BCUT2D eigenvalue weighted by molar-refractivity contribution is 5.80. The molecule has 0 aliphatic heterocycles. The van der Waals surface area contributed by atoms with Gasteiger partial charge in [0.2, 0.25) is 0 Å². The summed E-state index contributed by atoms with van der Waals surface area (Å²) in [6, 6.07) is 8.15. The average molecular weight is 241 g/mol. The summed E-state index contributed by atoms with van der Waals surface area (Å²) in [5.74, 6) is 0.924. The number of H-pyrrole nitrogens is 1. The maximum atomic E-state index is 5.73. The van der Waals surface area contributed by atoms with Gasteiger partial charge >= 0.3 is 0 Å². The number of nitrogens with zero attached hydrogens (tertiary/aromatic N) is 2. The number of rotatable bonds is 5. The molecule has 0 fully saturated rings. The smallest absolute Gasteiger partial charge is 0.120 e. The van der Waals surface area contributed by atoms with E-state index in [1.807, 2.05) is 36.9 Å². The zero-order valence-corrected chi connectivity index (χ0v) is 10.0. The van der Waals surface area contributed by atoms with Crippen LogP contribution in [0, 0.1) is 0 Å². The van der Waals surface area contributed by atoms with Crippen molar-refractivity contribution in [1.29, 1.82) is 0 Å². The molecule has 3 aromatic rings. The van der Waals surface area contributed by atoms with Crippen molar-refractivity contribution in [3.63, 3.8) is 0 Å². The molecule has 0 spiro atoms. The third-order valence-corrected chi connectivity index (χ3v) is 2.91. The van der Waals surface area contributed by atoms with Crippen LogP contribution in [-0.2, 0) is 6.54 Å². The molecule has 4 heteroatoms. The van der Waals surface area contributed by atoms with Crippen LogP contribution in [-0.4, -0.2) is 21.1 Å². The van der Waals surface area contributed by atoms with Crippen molar-refractivity contribution in [3.8, 4) is 5.75 Å². The third kappa shape index (κ3) is 2.37. The first-order valence-electron chi connectivity index (χ1n) is 6.07. The van der Waals surface area contributed by atoms with Gasteiger partial charge < -0.3 is 14.3 Å². The number of ether oxygens (including phenoxy) is 1. The van der Waals surface area contributed by atoms with Crippen molar-refractivity contribution >= 4 is 10.9 Å². The zero-order valence-electron chi connectivity index (χ0n) is 10.0. The molecule has 0 amide bonds. The fraction of sp³-hybridized carbons (Fsp3) is 0.214. The van der Waals surface area contributed by atoms with Gasteiger partial charge in [-0.15, -0.1) is 0 Å². The number of fused-ring (bicyclic) bond motifs is 1. The van der Waals surface area contributed by atoms with Gasteiger partial charge in [0.05, 0.1) is 12.9 Å². The van der Waals surface area contributed by atoms with Gasteiger partial charge in [-0.3, -0.25) is 0 Å². The summed E-state index contributed by atoms with van der Waals surface area (Å²) < 4.78 is 7.79. The van der Waals surface area contributed by atoms with Crippen molar-refractivity contribution in [2.45, 2.75) is 13.0 Å². The molecular weight excluding hydrogens is 226 g/mol. The van der Waals surface area contributed by atoms with Crippen LogP contribution in [0.25, 0.3) is 10.9 Å². The Labute approximate surface area is 105 Å². The highest BCUT2D eigenvalue weighted by atomic mass is 16.5. The van der Waals surface area contributed by atoms with E-state index in [2.05, 4.69) is 20.6 Å². The van der Waals surface area contributed by atoms with Crippen LogP contribution in [0.2, 0.25) is 0 Å². The van der Waals surface area contributed by atoms with Gasteiger partial charge in [-0.2, -0.15) is 0 Å². The molecule has 2 aromatic heterocycles. The number of imidazole rings is 1. The maximum Gasteiger partial charge on any atom is 0.120 e. The molecule has 3 rings (SSSR count). The summed E-state index contributed by atoms with van der Waals surface area (Å²) >= 11 is 0. The predicted octanol–water partition coefficient (Wildman–Crippen LogP) is 2.83. The SMILES string of the molecule is c1cn(CCCOc2ccc3[nH]ccc3c2)cn1. The molecule has 0 unspecified atom stereocenters. The molecule has 0 atom stereocenters. The highest BCUT2D eigenvalue weighted by Gasteiger charge is 1.98. The summed E-state index contributed by atoms with van der Waals surface area (Å²) in [4.78, 5) is 7.17. The fourth-order valence-corrected chi connectivity index (χ4v) is 1.98. The molecule has 92 valence electrons. The van der Waals surface area contributed by atoms with E-state index in [-0.39, 0.29) is 0 Å². The summed E-state index contributed by atoms with van der Waals surface area (Å²) in [6.45, 7) is 1.65. The van der Waals surface area contributed by atoms with Crippen LogP contribution in [0.1, 0.15) is 6.42 Å². The first-order valence-corrected chi connectivity index (χ1v) is 6.07. The van der Waals surface area contributed by atoms with Gasteiger partial charge in [-0.1, -0.05) is 0 Å². The maximum absolute atomic E-state index is 5.73. The van der Waals surface area contributed by atoms with E-state index < -0.39 is 0 Å². The van der Waals surface area contributed by atoms with Crippen molar-refractivity contribution < 1.29 is 4.74 Å². The second-order valence-electron chi connectivity index (χ2n) is 4.23. The lowest BCUT2D eigenvalue weighted by Crippen LogP contribution is -2.02. The molecule has 0 radical (unpaired) electrons. The minimum absolute atomic E-state index is 0.716. The van der Waals surface area contributed by atoms with Crippen LogP contribution >= 0.6 is 0 Å². The minimum Gasteiger partial charge on any atom is -0.494 e. The molecule has 0 bridgehead atoms. The lowest BCUT2D eigenvalue weighted by atomic mass is 10.2. The molecular formula is C14H15N3O. The Kier molecular flexibility index (Phi) is 3.00. The molecule has 4 nitrogen and oxygen atoms in total. The molecule has 2 heterocycles. The van der Waals surface area contributed by atoms with Crippen molar-refractivity contribution in [2.24, 2.45) is 0 Å². The highest BCUT2D eigenvalue weighted by Crippen LogP contribution is 2.19. The van der Waals surface area contributed by atoms with Crippen LogP contribution in [0.4, 0.5) is 0 Å². The van der Waals surface area contributed by atoms with E-state index in [9.17, 15) is 0 Å². The minimum atomic E-state index is 0.716. The molecule has 1 N–H and O–H groups in total. The molecule has 18 heavy (non-hydrogen) atoms. The van der Waals surface area contributed by atoms with E-state index in [1.165, 1.54) is 5.39 Å². The molecule has 0 saturated heterocycles. The van der Waals surface area contributed by atoms with Crippen molar-refractivity contribution in [1.82, 2.24) is 14.5 Å². The first-order chi connectivity index (χ1) is 8.92. The van der Waals surface area contributed by atoms with Crippen molar-refractivity contribution in [3.05, 3.63) is 49.2 Å². The number of hydrogen-bond acceptors (Lipinski definition) is 2. The Morgan fingerprint density at radius 1 is 1.28 bits per heavy atom. The summed E-state index contributed by atoms with van der Waals surface area (Å²) in [6.07, 6.45) is 8.49. The predicted molar refractivity (Wildman–Crippen MR) is 70.6 cm³/mol. The van der Waals surface area contributed by atoms with E-state index >= 15 is 0 Å². The van der Waals surface area contributed by atoms with Gasteiger partial charge in [0.1, 0.15) is 5.75 Å². The second kappa shape index (κ2) is 4.96. The van der Waals surface area contributed by atoms with Gasteiger partial charge in [0.15, 0.2) is 0 Å². The Bertz CT molecular complexity index is 613. The van der Waals surface area contributed by atoms with Gasteiger partial charge in [0, 0.05) is 36.0 Å². The summed E-state index contributed by atoms with van der Waals surface area (Å²) in [5, 5.41) is 1.18. The fourth-order valence-electron chi connectivity index (χ4n) is 1.98. The van der Waals surface area contributed by atoms with E-state index in [4.69, 9.17) is 4.74 Å². The largest absolute Gasteiger partial charge is 0.494 e. The number of benzene rings is 1. The monoisotopic (exact) mass is 241 g/mol. The van der Waals surface area contributed by atoms with Gasteiger partial charge in [-0.25, -0.2) is 4.98 Å². The van der Waals surface area contributed by atoms with E-state index in [1.54, 1.807) is 6.20 Å². The molecule has 1 aromatic carbocycles. The average Bonchev–Trinajstić information content (AvgIpc) is 3.05. The molecule has 0 aliphatic rings. The van der Waals surface area contributed by atoms with Crippen molar-refractivity contribution in [2.75, 3.05) is 6.61 Å². The normalized spacial score (nSPS) is 10.9. The Balaban J connectivity index is 1.53. The number of aromatic amines is 1. The summed E-state index contributed by atoms with van der Waals surface area (Å²) in [7, 11) is 0. The zero-order chi connectivity index (χ0) is 12.2. The lowest BCUT2D eigenvalue weighted by molar-refractivity contribution is 0.302. The van der Waals surface area contributed by atoms with E-state index in [0.29, 0.717) is 6.61 Å². The summed E-state index contributed by atoms with van der Waals surface area (Å²) in [5.41, 5.74) is 1.14. The molecule has 0 aliphatic carbocycles. The first kappa shape index (κ1) is 10.9. The Morgan fingerprint density at radius 2 is 2.28 bits per heavy atom. The topological polar surface area (TPSA) is 42.8 Å². The third-order valence-electron chi connectivity index (χ3n) is 2.91. The van der Waals surface area contributed by atoms with Gasteiger partial charge in [0.25, 0.3) is 0 Å². The van der Waals surface area contributed by atoms with Crippen LogP contribution in [0.3, 0.4) is 0 Å². The number of hydrogen-bond donors (Lipinski definition) is 1. The van der Waals surface area contributed by atoms with Crippen LogP contribution < -0.4 is 4.74 Å². The quantitative estimate of drug-likeness (QED) is 0.698. The lowest BCUT2D eigenvalue weighted by Gasteiger charge is -2.06.